The number of aromatic nitrogens is 2. The average Bonchev–Trinajstić information content (AvgIpc) is 2.58. The van der Waals surface area contributed by atoms with Crippen molar-refractivity contribution in [1.29, 1.82) is 0 Å². The molecule has 0 saturated carbocycles. The number of halogens is 1. The second-order valence-electron chi connectivity index (χ2n) is 4.75. The summed E-state index contributed by atoms with van der Waals surface area (Å²) in [4.78, 5) is 8.34. The third-order valence-corrected chi connectivity index (χ3v) is 3.15. The number of rotatable bonds is 5. The van der Waals surface area contributed by atoms with Gasteiger partial charge in [0.25, 0.3) is 0 Å². The number of ether oxygens (including phenoxy) is 1. The van der Waals surface area contributed by atoms with Crippen LogP contribution in [0.5, 0.6) is 5.75 Å². The molecule has 5 nitrogen and oxygen atoms in total. The van der Waals surface area contributed by atoms with Gasteiger partial charge in [0.15, 0.2) is 0 Å². The second kappa shape index (κ2) is 6.74. The number of anilines is 4. The molecular weight excluding hydrogens is 295 g/mol. The summed E-state index contributed by atoms with van der Waals surface area (Å²) in [6.07, 6.45) is 1.45. The Kier molecular flexibility index (Phi) is 4.33. The zero-order valence-corrected chi connectivity index (χ0v) is 12.5. The Bertz CT molecular complexity index is 793. The van der Waals surface area contributed by atoms with Crippen LogP contribution in [-0.2, 0) is 0 Å². The van der Waals surface area contributed by atoms with Crippen molar-refractivity contribution < 1.29 is 9.13 Å². The Balaban J connectivity index is 1.78. The molecule has 0 amide bonds. The third-order valence-electron chi connectivity index (χ3n) is 3.15. The van der Waals surface area contributed by atoms with Crippen molar-refractivity contribution in [3.63, 3.8) is 0 Å². The zero-order chi connectivity index (χ0) is 16.1. The summed E-state index contributed by atoms with van der Waals surface area (Å²) in [5, 5.41) is 6.28. The summed E-state index contributed by atoms with van der Waals surface area (Å²) < 4.78 is 18.2. The molecule has 6 heteroatoms. The lowest BCUT2D eigenvalue weighted by atomic mass is 10.3. The van der Waals surface area contributed by atoms with Gasteiger partial charge in [-0.1, -0.05) is 12.1 Å². The van der Waals surface area contributed by atoms with E-state index in [0.717, 1.165) is 17.1 Å². The van der Waals surface area contributed by atoms with Gasteiger partial charge in [-0.15, -0.1) is 0 Å². The van der Waals surface area contributed by atoms with E-state index >= 15 is 0 Å². The van der Waals surface area contributed by atoms with E-state index in [4.69, 9.17) is 4.74 Å². The Morgan fingerprint density at radius 3 is 2.35 bits per heavy atom. The molecule has 0 radical (unpaired) electrons. The van der Waals surface area contributed by atoms with Crippen LogP contribution >= 0.6 is 0 Å². The molecule has 0 unspecified atom stereocenters. The first-order valence-corrected chi connectivity index (χ1v) is 6.99. The van der Waals surface area contributed by atoms with Gasteiger partial charge in [0, 0.05) is 11.8 Å². The SMILES string of the molecule is COc1ccccc1Nc1cc(Nc2ccc(F)cc2)ncn1. The van der Waals surface area contributed by atoms with Crippen LogP contribution in [0.1, 0.15) is 0 Å². The van der Waals surface area contributed by atoms with Crippen LogP contribution in [0, 0.1) is 5.82 Å². The lowest BCUT2D eigenvalue weighted by molar-refractivity contribution is 0.417. The van der Waals surface area contributed by atoms with Crippen molar-refractivity contribution in [1.82, 2.24) is 9.97 Å². The van der Waals surface area contributed by atoms with Gasteiger partial charge in [-0.25, -0.2) is 14.4 Å². The lowest BCUT2D eigenvalue weighted by Crippen LogP contribution is -1.99. The van der Waals surface area contributed by atoms with Crippen LogP contribution in [0.25, 0.3) is 0 Å². The molecule has 0 aliphatic carbocycles. The lowest BCUT2D eigenvalue weighted by Gasteiger charge is -2.11. The highest BCUT2D eigenvalue weighted by Crippen LogP contribution is 2.27. The Morgan fingerprint density at radius 1 is 0.913 bits per heavy atom. The highest BCUT2D eigenvalue weighted by Gasteiger charge is 2.04. The molecular formula is C17H15FN4O. The maximum Gasteiger partial charge on any atom is 0.142 e. The number of nitrogens with zero attached hydrogens (tertiary/aromatic N) is 2. The first kappa shape index (κ1) is 14.8. The van der Waals surface area contributed by atoms with Crippen LogP contribution in [0.4, 0.5) is 27.4 Å². The summed E-state index contributed by atoms with van der Waals surface area (Å²) >= 11 is 0. The van der Waals surface area contributed by atoms with E-state index in [1.54, 1.807) is 25.3 Å². The number of methoxy groups -OCH3 is 1. The molecule has 0 aliphatic heterocycles. The van der Waals surface area contributed by atoms with Crippen molar-refractivity contribution in [3.05, 3.63) is 66.7 Å². The summed E-state index contributed by atoms with van der Waals surface area (Å²) in [5.74, 6) is 1.66. The van der Waals surface area contributed by atoms with Crippen LogP contribution in [0.15, 0.2) is 60.9 Å². The van der Waals surface area contributed by atoms with Crippen molar-refractivity contribution >= 4 is 23.0 Å². The van der Waals surface area contributed by atoms with Gasteiger partial charge in [-0.3, -0.25) is 0 Å². The fraction of sp³-hybridized carbons (Fsp3) is 0.0588. The van der Waals surface area contributed by atoms with Crippen LogP contribution in [0.2, 0.25) is 0 Å². The molecule has 1 heterocycles. The summed E-state index contributed by atoms with van der Waals surface area (Å²) in [6, 6.07) is 15.4. The normalized spacial score (nSPS) is 10.2. The molecule has 0 spiro atoms. The van der Waals surface area contributed by atoms with E-state index in [1.807, 2.05) is 24.3 Å². The molecule has 0 fully saturated rings. The number of benzene rings is 2. The van der Waals surface area contributed by atoms with Gasteiger partial charge in [0.2, 0.25) is 0 Å². The molecule has 0 aliphatic rings. The monoisotopic (exact) mass is 310 g/mol. The second-order valence-corrected chi connectivity index (χ2v) is 4.75. The van der Waals surface area contributed by atoms with Gasteiger partial charge in [-0.2, -0.15) is 0 Å². The van der Waals surface area contributed by atoms with Gasteiger partial charge in [0.05, 0.1) is 12.8 Å². The van der Waals surface area contributed by atoms with E-state index in [2.05, 4.69) is 20.6 Å². The highest BCUT2D eigenvalue weighted by atomic mass is 19.1. The molecule has 3 rings (SSSR count). The van der Waals surface area contributed by atoms with E-state index < -0.39 is 0 Å². The minimum Gasteiger partial charge on any atom is -0.495 e. The topological polar surface area (TPSA) is 59.1 Å². The van der Waals surface area contributed by atoms with Crippen molar-refractivity contribution in [3.8, 4) is 5.75 Å². The van der Waals surface area contributed by atoms with Gasteiger partial charge in [0.1, 0.15) is 29.5 Å². The summed E-state index contributed by atoms with van der Waals surface area (Å²) in [7, 11) is 1.61. The molecule has 0 saturated heterocycles. The van der Waals surface area contributed by atoms with Crippen LogP contribution < -0.4 is 15.4 Å². The number of nitrogens with one attached hydrogen (secondary N) is 2. The summed E-state index contributed by atoms with van der Waals surface area (Å²) in [6.45, 7) is 0. The first-order valence-electron chi connectivity index (χ1n) is 6.99. The van der Waals surface area contributed by atoms with Gasteiger partial charge < -0.3 is 15.4 Å². The smallest absolute Gasteiger partial charge is 0.142 e. The van der Waals surface area contributed by atoms with E-state index in [-0.39, 0.29) is 5.82 Å². The maximum atomic E-state index is 12.9. The quantitative estimate of drug-likeness (QED) is 0.742. The average molecular weight is 310 g/mol. The number of para-hydroxylation sites is 2. The molecule has 23 heavy (non-hydrogen) atoms. The Labute approximate surface area is 133 Å². The Hall–Kier alpha value is -3.15. The van der Waals surface area contributed by atoms with Crippen LogP contribution in [-0.4, -0.2) is 17.1 Å². The molecule has 0 bridgehead atoms. The minimum atomic E-state index is -0.281. The van der Waals surface area contributed by atoms with E-state index in [0.29, 0.717) is 11.6 Å². The van der Waals surface area contributed by atoms with E-state index in [9.17, 15) is 4.39 Å². The maximum absolute atomic E-state index is 12.9. The molecule has 2 N–H and O–H groups in total. The first-order chi connectivity index (χ1) is 11.2. The zero-order valence-electron chi connectivity index (χ0n) is 12.5. The van der Waals surface area contributed by atoms with Crippen molar-refractivity contribution in [2.24, 2.45) is 0 Å². The van der Waals surface area contributed by atoms with Crippen molar-refractivity contribution in [2.45, 2.75) is 0 Å². The fourth-order valence-electron chi connectivity index (χ4n) is 2.06. The number of hydrogen-bond donors (Lipinski definition) is 2. The van der Waals surface area contributed by atoms with Gasteiger partial charge >= 0.3 is 0 Å². The predicted molar refractivity (Wildman–Crippen MR) is 88.0 cm³/mol. The molecule has 2 aromatic carbocycles. The minimum absolute atomic E-state index is 0.281. The predicted octanol–water partition coefficient (Wildman–Crippen LogP) is 4.11. The van der Waals surface area contributed by atoms with Crippen molar-refractivity contribution in [2.75, 3.05) is 17.7 Å². The molecule has 0 atom stereocenters. The van der Waals surface area contributed by atoms with Gasteiger partial charge in [-0.05, 0) is 36.4 Å². The fourth-order valence-corrected chi connectivity index (χ4v) is 2.06. The molecule has 3 aromatic rings. The summed E-state index contributed by atoms with van der Waals surface area (Å²) in [5.41, 5.74) is 1.55. The third kappa shape index (κ3) is 3.74. The van der Waals surface area contributed by atoms with E-state index in [1.165, 1.54) is 18.5 Å². The Morgan fingerprint density at radius 2 is 1.61 bits per heavy atom. The standard InChI is InChI=1S/C17H15FN4O/c1-23-15-5-3-2-4-14(15)22-17-10-16(19-11-20-17)21-13-8-6-12(18)7-9-13/h2-11H,1H3,(H2,19,20,21,22). The molecule has 116 valence electrons. The highest BCUT2D eigenvalue weighted by molar-refractivity contribution is 5.66. The largest absolute Gasteiger partial charge is 0.495 e. The molecule has 1 aromatic heterocycles. The number of hydrogen-bond acceptors (Lipinski definition) is 5. The van der Waals surface area contributed by atoms with Crippen LogP contribution in [0.3, 0.4) is 0 Å².